The van der Waals surface area contributed by atoms with E-state index in [0.717, 1.165) is 16.7 Å². The topological polar surface area (TPSA) is 20.5 Å². The number of fused-ring (bicyclic) bond motifs is 1. The van der Waals surface area contributed by atoms with E-state index in [1.807, 2.05) is 12.3 Å². The molecular weight excluding hydrogens is 290 g/mol. The van der Waals surface area contributed by atoms with Gasteiger partial charge in [-0.25, -0.2) is 4.98 Å². The van der Waals surface area contributed by atoms with Crippen LogP contribution in [0.2, 0.25) is 0 Å². The molecule has 0 spiro atoms. The zero-order chi connectivity index (χ0) is 12.4. The Kier molecular flexibility index (Phi) is 3.66. The van der Waals surface area contributed by atoms with Gasteiger partial charge in [0.1, 0.15) is 0 Å². The molecule has 4 heteroatoms. The molecule has 0 N–H and O–H groups in total. The zero-order valence-electron chi connectivity index (χ0n) is 10.5. The van der Waals surface area contributed by atoms with Crippen molar-refractivity contribution in [2.75, 3.05) is 13.1 Å². The van der Waals surface area contributed by atoms with Gasteiger partial charge in [-0.15, -0.1) is 0 Å². The lowest BCUT2D eigenvalue weighted by molar-refractivity contribution is 0.273. The summed E-state index contributed by atoms with van der Waals surface area (Å²) in [5.41, 5.74) is 2.30. The molecule has 0 amide bonds. The summed E-state index contributed by atoms with van der Waals surface area (Å²) < 4.78 is 3.25. The number of hydrogen-bond acceptors (Lipinski definition) is 2. The van der Waals surface area contributed by atoms with Gasteiger partial charge in [0.2, 0.25) is 0 Å². The van der Waals surface area contributed by atoms with Crippen molar-refractivity contribution in [3.63, 3.8) is 0 Å². The minimum Gasteiger partial charge on any atom is -0.302 e. The van der Waals surface area contributed by atoms with Gasteiger partial charge in [0, 0.05) is 12.7 Å². The monoisotopic (exact) mass is 307 g/mol. The summed E-state index contributed by atoms with van der Waals surface area (Å²) >= 11 is 3.55. The highest BCUT2D eigenvalue weighted by atomic mass is 79.9. The maximum absolute atomic E-state index is 4.50. The first-order chi connectivity index (χ1) is 8.84. The molecule has 1 saturated heterocycles. The highest BCUT2D eigenvalue weighted by molar-refractivity contribution is 9.10. The van der Waals surface area contributed by atoms with E-state index < -0.39 is 0 Å². The van der Waals surface area contributed by atoms with Crippen molar-refractivity contribution >= 4 is 21.6 Å². The van der Waals surface area contributed by atoms with E-state index >= 15 is 0 Å². The third-order valence-corrected chi connectivity index (χ3v) is 4.27. The van der Waals surface area contributed by atoms with Crippen LogP contribution in [-0.4, -0.2) is 27.4 Å². The standard InChI is InChI=1S/C14H18BrN3/c15-13-6-5-9-18-12(10-16-14(13)18)11-17-7-3-1-2-4-8-17/h5-6,9-10H,1-4,7-8,11H2. The van der Waals surface area contributed by atoms with Crippen molar-refractivity contribution in [1.29, 1.82) is 0 Å². The summed E-state index contributed by atoms with van der Waals surface area (Å²) in [6, 6.07) is 4.10. The molecule has 3 rings (SSSR count). The van der Waals surface area contributed by atoms with Crippen LogP contribution in [0.5, 0.6) is 0 Å². The van der Waals surface area contributed by atoms with Crippen LogP contribution in [0.3, 0.4) is 0 Å². The average molecular weight is 308 g/mol. The van der Waals surface area contributed by atoms with E-state index in [-0.39, 0.29) is 0 Å². The average Bonchev–Trinajstić information content (AvgIpc) is 2.61. The maximum Gasteiger partial charge on any atom is 0.151 e. The molecule has 3 nitrogen and oxygen atoms in total. The molecule has 0 bridgehead atoms. The molecule has 0 radical (unpaired) electrons. The maximum atomic E-state index is 4.50. The zero-order valence-corrected chi connectivity index (χ0v) is 12.1. The Hall–Kier alpha value is -0.870. The van der Waals surface area contributed by atoms with Gasteiger partial charge in [-0.3, -0.25) is 4.90 Å². The van der Waals surface area contributed by atoms with E-state index in [1.165, 1.54) is 44.5 Å². The molecular formula is C14H18BrN3. The Balaban J connectivity index is 1.83. The minimum absolute atomic E-state index is 1.01. The molecule has 18 heavy (non-hydrogen) atoms. The van der Waals surface area contributed by atoms with Gasteiger partial charge in [0.25, 0.3) is 0 Å². The molecule has 0 unspecified atom stereocenters. The van der Waals surface area contributed by atoms with Crippen molar-refractivity contribution in [2.24, 2.45) is 0 Å². The fraction of sp³-hybridized carbons (Fsp3) is 0.500. The van der Waals surface area contributed by atoms with E-state index in [2.05, 4.69) is 42.5 Å². The second-order valence-corrected chi connectivity index (χ2v) is 5.84. The Morgan fingerprint density at radius 2 is 1.94 bits per heavy atom. The Labute approximate surface area is 116 Å². The Bertz CT molecular complexity index is 527. The first-order valence-electron chi connectivity index (χ1n) is 6.67. The molecule has 1 aliphatic heterocycles. The van der Waals surface area contributed by atoms with Crippen LogP contribution in [0.4, 0.5) is 0 Å². The van der Waals surface area contributed by atoms with E-state index in [1.54, 1.807) is 0 Å². The van der Waals surface area contributed by atoms with Crippen molar-refractivity contribution in [2.45, 2.75) is 32.2 Å². The molecule has 2 aromatic heterocycles. The molecule has 96 valence electrons. The van der Waals surface area contributed by atoms with Gasteiger partial charge in [-0.1, -0.05) is 12.8 Å². The van der Waals surface area contributed by atoms with Crippen molar-refractivity contribution in [3.8, 4) is 0 Å². The molecule has 0 aromatic carbocycles. The SMILES string of the molecule is Brc1cccn2c(CN3CCCCCC3)cnc12. The second kappa shape index (κ2) is 5.41. The Morgan fingerprint density at radius 3 is 2.72 bits per heavy atom. The van der Waals surface area contributed by atoms with Gasteiger partial charge in [-0.05, 0) is 54.0 Å². The summed E-state index contributed by atoms with van der Waals surface area (Å²) in [6.45, 7) is 3.46. The number of aromatic nitrogens is 2. The Morgan fingerprint density at radius 1 is 1.17 bits per heavy atom. The minimum atomic E-state index is 1.01. The molecule has 0 aliphatic carbocycles. The van der Waals surface area contributed by atoms with Crippen LogP contribution in [0.15, 0.2) is 29.0 Å². The highest BCUT2D eigenvalue weighted by Crippen LogP contribution is 2.19. The molecule has 0 saturated carbocycles. The number of pyridine rings is 1. The quantitative estimate of drug-likeness (QED) is 0.847. The lowest BCUT2D eigenvalue weighted by Gasteiger charge is -2.19. The van der Waals surface area contributed by atoms with Crippen LogP contribution >= 0.6 is 15.9 Å². The molecule has 2 aromatic rings. The third kappa shape index (κ3) is 2.45. The summed E-state index contributed by atoms with van der Waals surface area (Å²) in [5.74, 6) is 0. The largest absolute Gasteiger partial charge is 0.302 e. The van der Waals surface area contributed by atoms with E-state index in [9.17, 15) is 0 Å². The summed E-state index contributed by atoms with van der Waals surface area (Å²) in [7, 11) is 0. The molecule has 1 fully saturated rings. The summed E-state index contributed by atoms with van der Waals surface area (Å²) in [5, 5.41) is 0. The third-order valence-electron chi connectivity index (χ3n) is 3.65. The fourth-order valence-corrected chi connectivity index (χ4v) is 3.11. The molecule has 3 heterocycles. The predicted molar refractivity (Wildman–Crippen MR) is 76.6 cm³/mol. The first-order valence-corrected chi connectivity index (χ1v) is 7.47. The van der Waals surface area contributed by atoms with E-state index in [4.69, 9.17) is 0 Å². The van der Waals surface area contributed by atoms with Crippen LogP contribution in [0.25, 0.3) is 5.65 Å². The fourth-order valence-electron chi connectivity index (χ4n) is 2.67. The molecule has 0 atom stereocenters. The van der Waals surface area contributed by atoms with Crippen LogP contribution in [0, 0.1) is 0 Å². The van der Waals surface area contributed by atoms with Gasteiger partial charge in [-0.2, -0.15) is 0 Å². The lowest BCUT2D eigenvalue weighted by atomic mass is 10.2. The van der Waals surface area contributed by atoms with Crippen LogP contribution < -0.4 is 0 Å². The number of nitrogens with zero attached hydrogens (tertiary/aromatic N) is 3. The van der Waals surface area contributed by atoms with Gasteiger partial charge >= 0.3 is 0 Å². The van der Waals surface area contributed by atoms with Gasteiger partial charge in [0.05, 0.1) is 16.4 Å². The number of likely N-dealkylation sites (tertiary alicyclic amines) is 1. The summed E-state index contributed by atoms with van der Waals surface area (Å²) in [6.07, 6.45) is 9.54. The lowest BCUT2D eigenvalue weighted by Crippen LogP contribution is -2.24. The normalized spacial score (nSPS) is 18.1. The first kappa shape index (κ1) is 12.2. The molecule has 1 aliphatic rings. The van der Waals surface area contributed by atoms with Crippen molar-refractivity contribution in [3.05, 3.63) is 34.7 Å². The van der Waals surface area contributed by atoms with Crippen LogP contribution in [0.1, 0.15) is 31.4 Å². The number of rotatable bonds is 2. The van der Waals surface area contributed by atoms with Crippen LogP contribution in [-0.2, 0) is 6.54 Å². The van der Waals surface area contributed by atoms with Crippen molar-refractivity contribution in [1.82, 2.24) is 14.3 Å². The number of halogens is 1. The summed E-state index contributed by atoms with van der Waals surface area (Å²) in [4.78, 5) is 7.05. The van der Waals surface area contributed by atoms with E-state index in [0.29, 0.717) is 0 Å². The predicted octanol–water partition coefficient (Wildman–Crippen LogP) is 3.47. The van der Waals surface area contributed by atoms with Gasteiger partial charge < -0.3 is 4.40 Å². The number of hydrogen-bond donors (Lipinski definition) is 0. The van der Waals surface area contributed by atoms with Crippen molar-refractivity contribution < 1.29 is 0 Å². The highest BCUT2D eigenvalue weighted by Gasteiger charge is 2.12. The smallest absolute Gasteiger partial charge is 0.151 e. The van der Waals surface area contributed by atoms with Gasteiger partial charge in [0.15, 0.2) is 5.65 Å². The number of imidazole rings is 1. The second-order valence-electron chi connectivity index (χ2n) is 4.99.